The first-order chi connectivity index (χ1) is 6.26. The largest absolute Gasteiger partial charge is 0.307 e. The van der Waals surface area contributed by atoms with E-state index in [4.69, 9.17) is 5.21 Å². The van der Waals surface area contributed by atoms with Crippen LogP contribution >= 0.6 is 0 Å². The van der Waals surface area contributed by atoms with Crippen LogP contribution in [0.3, 0.4) is 0 Å². The van der Waals surface area contributed by atoms with E-state index in [2.05, 4.69) is 33.0 Å². The number of amides is 1. The van der Waals surface area contributed by atoms with Crippen LogP contribution in [0.25, 0.3) is 0 Å². The van der Waals surface area contributed by atoms with E-state index < -0.39 is 0 Å². The van der Waals surface area contributed by atoms with Gasteiger partial charge in [0, 0.05) is 17.0 Å². The summed E-state index contributed by atoms with van der Waals surface area (Å²) in [4.78, 5) is 11.4. The average Bonchev–Trinajstić information content (AvgIpc) is 1.97. The van der Waals surface area contributed by atoms with Gasteiger partial charge in [0.1, 0.15) is 0 Å². The summed E-state index contributed by atoms with van der Waals surface area (Å²) in [6, 6.07) is 0. The number of carbonyl (C=O) groups excluding carboxylic acids is 1. The highest BCUT2D eigenvalue weighted by Gasteiger charge is 2.40. The lowest BCUT2D eigenvalue weighted by molar-refractivity contribution is -0.136. The summed E-state index contributed by atoms with van der Waals surface area (Å²) in [7, 11) is 0. The summed E-state index contributed by atoms with van der Waals surface area (Å²) in [5, 5.41) is 12.1. The third-order valence-corrected chi connectivity index (χ3v) is 2.67. The molecule has 0 atom stereocenters. The van der Waals surface area contributed by atoms with Crippen LogP contribution in [0.15, 0.2) is 0 Å². The van der Waals surface area contributed by atoms with Crippen LogP contribution in [0, 0.1) is 5.92 Å². The molecule has 4 heteroatoms. The molecule has 0 aromatic heterocycles. The zero-order chi connectivity index (χ0) is 11.0. The molecular formula is C10H20N2O2. The van der Waals surface area contributed by atoms with Gasteiger partial charge in [0.05, 0.1) is 0 Å². The van der Waals surface area contributed by atoms with Gasteiger partial charge < -0.3 is 5.32 Å². The highest BCUT2D eigenvalue weighted by atomic mass is 16.5. The zero-order valence-electron chi connectivity index (χ0n) is 9.35. The normalized spacial score (nSPS) is 25.8. The highest BCUT2D eigenvalue weighted by molar-refractivity contribution is 5.77. The third kappa shape index (κ3) is 2.69. The maximum absolute atomic E-state index is 11.4. The van der Waals surface area contributed by atoms with Crippen molar-refractivity contribution < 1.29 is 10.0 Å². The van der Waals surface area contributed by atoms with E-state index in [1.165, 1.54) is 0 Å². The van der Waals surface area contributed by atoms with Crippen molar-refractivity contribution in [2.45, 2.75) is 51.6 Å². The topological polar surface area (TPSA) is 61.4 Å². The lowest BCUT2D eigenvalue weighted by Crippen LogP contribution is -2.59. The molecule has 1 aliphatic heterocycles. The predicted octanol–water partition coefficient (Wildman–Crippen LogP) is 1.05. The van der Waals surface area contributed by atoms with Gasteiger partial charge in [-0.1, -0.05) is 0 Å². The van der Waals surface area contributed by atoms with Gasteiger partial charge in [-0.05, 0) is 40.5 Å². The Morgan fingerprint density at radius 1 is 1.29 bits per heavy atom. The van der Waals surface area contributed by atoms with Crippen LogP contribution in [0.2, 0.25) is 0 Å². The number of piperidine rings is 1. The van der Waals surface area contributed by atoms with Crippen molar-refractivity contribution in [1.29, 1.82) is 0 Å². The Hall–Kier alpha value is -0.610. The number of rotatable bonds is 1. The molecule has 3 N–H and O–H groups in total. The average molecular weight is 200 g/mol. The Morgan fingerprint density at radius 3 is 2.07 bits per heavy atom. The number of nitrogens with one attached hydrogen (secondary N) is 2. The first kappa shape index (κ1) is 11.5. The van der Waals surface area contributed by atoms with E-state index >= 15 is 0 Å². The fourth-order valence-electron chi connectivity index (χ4n) is 2.60. The summed E-state index contributed by atoms with van der Waals surface area (Å²) >= 11 is 0. The molecule has 14 heavy (non-hydrogen) atoms. The van der Waals surface area contributed by atoms with Crippen LogP contribution < -0.4 is 10.8 Å². The van der Waals surface area contributed by atoms with Crippen molar-refractivity contribution in [1.82, 2.24) is 10.8 Å². The van der Waals surface area contributed by atoms with Gasteiger partial charge >= 0.3 is 0 Å². The SMILES string of the molecule is CC1(C)CC(C(=O)NO)CC(C)(C)N1. The second-order valence-electron chi connectivity index (χ2n) is 5.47. The van der Waals surface area contributed by atoms with Gasteiger partial charge in [-0.2, -0.15) is 0 Å². The minimum Gasteiger partial charge on any atom is -0.307 e. The van der Waals surface area contributed by atoms with E-state index in [0.29, 0.717) is 0 Å². The van der Waals surface area contributed by atoms with Crippen LogP contribution in [0.5, 0.6) is 0 Å². The van der Waals surface area contributed by atoms with Gasteiger partial charge in [0.15, 0.2) is 0 Å². The fourth-order valence-corrected chi connectivity index (χ4v) is 2.60. The molecule has 0 aromatic rings. The summed E-state index contributed by atoms with van der Waals surface area (Å²) < 4.78 is 0. The summed E-state index contributed by atoms with van der Waals surface area (Å²) in [5.74, 6) is -0.376. The first-order valence-corrected chi connectivity index (χ1v) is 4.99. The summed E-state index contributed by atoms with van der Waals surface area (Å²) in [6.45, 7) is 8.30. The molecule has 82 valence electrons. The molecule has 1 heterocycles. The Labute approximate surface area is 85.0 Å². The number of hydrogen-bond donors (Lipinski definition) is 3. The quantitative estimate of drug-likeness (QED) is 0.438. The minimum absolute atomic E-state index is 0.0566. The maximum Gasteiger partial charge on any atom is 0.246 e. The molecule has 0 bridgehead atoms. The number of hydroxylamine groups is 1. The Kier molecular flexibility index (Phi) is 2.88. The first-order valence-electron chi connectivity index (χ1n) is 4.99. The third-order valence-electron chi connectivity index (χ3n) is 2.67. The van der Waals surface area contributed by atoms with Crippen LogP contribution in [0.1, 0.15) is 40.5 Å². The molecule has 1 rings (SSSR count). The standard InChI is InChI=1S/C10H20N2O2/c1-9(2)5-7(8(13)11-14)6-10(3,4)12-9/h7,12,14H,5-6H2,1-4H3,(H,11,13). The molecule has 0 spiro atoms. The molecule has 1 fully saturated rings. The van der Waals surface area contributed by atoms with Gasteiger partial charge in [-0.3, -0.25) is 10.0 Å². The Balaban J connectivity index is 2.76. The molecule has 0 radical (unpaired) electrons. The van der Waals surface area contributed by atoms with Crippen LogP contribution in [0.4, 0.5) is 0 Å². The highest BCUT2D eigenvalue weighted by Crippen LogP contribution is 2.32. The van der Waals surface area contributed by atoms with Crippen LogP contribution in [-0.4, -0.2) is 22.2 Å². The Morgan fingerprint density at radius 2 is 1.71 bits per heavy atom. The molecule has 0 aliphatic carbocycles. The van der Waals surface area contributed by atoms with Gasteiger partial charge in [-0.15, -0.1) is 0 Å². The maximum atomic E-state index is 11.4. The van der Waals surface area contributed by atoms with Crippen molar-refractivity contribution in [3.05, 3.63) is 0 Å². The van der Waals surface area contributed by atoms with Crippen molar-refractivity contribution in [2.75, 3.05) is 0 Å². The van der Waals surface area contributed by atoms with E-state index in [9.17, 15) is 4.79 Å². The lowest BCUT2D eigenvalue weighted by Gasteiger charge is -2.45. The molecule has 1 aliphatic rings. The molecule has 0 unspecified atom stereocenters. The van der Waals surface area contributed by atoms with Gasteiger partial charge in [0.2, 0.25) is 5.91 Å². The fraction of sp³-hybridized carbons (Fsp3) is 0.900. The minimum atomic E-state index is -0.271. The second kappa shape index (κ2) is 3.51. The summed E-state index contributed by atoms with van der Waals surface area (Å²) in [6.07, 6.45) is 1.51. The van der Waals surface area contributed by atoms with E-state index in [1.54, 1.807) is 5.48 Å². The van der Waals surface area contributed by atoms with Gasteiger partial charge in [0.25, 0.3) is 0 Å². The monoisotopic (exact) mass is 200 g/mol. The van der Waals surface area contributed by atoms with Crippen molar-refractivity contribution in [3.8, 4) is 0 Å². The van der Waals surface area contributed by atoms with Crippen molar-refractivity contribution >= 4 is 5.91 Å². The summed E-state index contributed by atoms with van der Waals surface area (Å²) in [5.41, 5.74) is 1.63. The molecule has 0 saturated carbocycles. The van der Waals surface area contributed by atoms with E-state index in [-0.39, 0.29) is 22.9 Å². The molecular weight excluding hydrogens is 180 g/mol. The predicted molar refractivity (Wildman–Crippen MR) is 53.9 cm³/mol. The second-order valence-corrected chi connectivity index (χ2v) is 5.47. The van der Waals surface area contributed by atoms with E-state index in [1.807, 2.05) is 0 Å². The zero-order valence-corrected chi connectivity index (χ0v) is 9.35. The number of carbonyl (C=O) groups is 1. The molecule has 1 saturated heterocycles. The van der Waals surface area contributed by atoms with Crippen molar-refractivity contribution in [3.63, 3.8) is 0 Å². The molecule has 4 nitrogen and oxygen atoms in total. The van der Waals surface area contributed by atoms with Crippen molar-refractivity contribution in [2.24, 2.45) is 5.92 Å². The lowest BCUT2D eigenvalue weighted by atomic mass is 9.75. The smallest absolute Gasteiger partial charge is 0.246 e. The van der Waals surface area contributed by atoms with E-state index in [0.717, 1.165) is 12.8 Å². The number of hydrogen-bond acceptors (Lipinski definition) is 3. The molecule has 0 aromatic carbocycles. The van der Waals surface area contributed by atoms with Gasteiger partial charge in [-0.25, -0.2) is 5.48 Å². The Bertz CT molecular complexity index is 220. The van der Waals surface area contributed by atoms with Crippen LogP contribution in [-0.2, 0) is 4.79 Å². The molecule has 1 amide bonds.